The molecule has 2 heterocycles. The van der Waals surface area contributed by atoms with Gasteiger partial charge < -0.3 is 10.6 Å². The van der Waals surface area contributed by atoms with Crippen LogP contribution in [0.2, 0.25) is 0 Å². The van der Waals surface area contributed by atoms with Crippen LogP contribution in [-0.4, -0.2) is 28.0 Å². The normalized spacial score (nSPS) is 14.1. The second kappa shape index (κ2) is 5.44. The summed E-state index contributed by atoms with van der Waals surface area (Å²) in [7, 11) is 1.81. The summed E-state index contributed by atoms with van der Waals surface area (Å²) in [5.41, 5.74) is 8.99. The molecule has 0 unspecified atom stereocenters. The van der Waals surface area contributed by atoms with Crippen LogP contribution in [0.3, 0.4) is 0 Å². The maximum absolute atomic E-state index is 12.8. The Morgan fingerprint density at radius 1 is 1.43 bits per heavy atom. The molecule has 1 aromatic heterocycles. The highest BCUT2D eigenvalue weighted by atomic mass is 32.2. The Kier molecular flexibility index (Phi) is 3.63. The molecule has 21 heavy (non-hydrogen) atoms. The van der Waals surface area contributed by atoms with Crippen LogP contribution in [0, 0.1) is 0 Å². The highest BCUT2D eigenvalue weighted by Gasteiger charge is 2.26. The molecule has 1 aromatic carbocycles. The largest absolute Gasteiger partial charge is 0.399 e. The molecule has 1 aliphatic rings. The van der Waals surface area contributed by atoms with Gasteiger partial charge in [-0.15, -0.1) is 11.8 Å². The Hall–Kier alpha value is -1.95. The third kappa shape index (κ3) is 2.51. The molecule has 0 saturated heterocycles. The number of thioether (sulfide) groups is 1. The summed E-state index contributed by atoms with van der Waals surface area (Å²) < 4.78 is 1.66. The van der Waals surface area contributed by atoms with Gasteiger partial charge in [0.1, 0.15) is 5.69 Å². The van der Waals surface area contributed by atoms with Gasteiger partial charge in [-0.25, -0.2) is 0 Å². The molecule has 2 N–H and O–H groups in total. The van der Waals surface area contributed by atoms with Crippen molar-refractivity contribution < 1.29 is 4.79 Å². The molecule has 0 aliphatic carbocycles. The molecule has 0 fully saturated rings. The monoisotopic (exact) mass is 302 g/mol. The van der Waals surface area contributed by atoms with E-state index in [1.165, 1.54) is 0 Å². The van der Waals surface area contributed by atoms with Gasteiger partial charge in [-0.2, -0.15) is 5.10 Å². The Morgan fingerprint density at radius 2 is 2.24 bits per heavy atom. The first-order valence-corrected chi connectivity index (χ1v) is 7.96. The van der Waals surface area contributed by atoms with Crippen molar-refractivity contribution in [3.05, 3.63) is 35.7 Å². The number of amides is 1. The fourth-order valence-corrected chi connectivity index (χ4v) is 3.46. The van der Waals surface area contributed by atoms with E-state index in [0.29, 0.717) is 17.9 Å². The third-order valence-electron chi connectivity index (χ3n) is 3.60. The molecule has 110 valence electrons. The summed E-state index contributed by atoms with van der Waals surface area (Å²) in [6, 6.07) is 7.60. The number of hydrogen-bond donors (Lipinski definition) is 1. The fourth-order valence-electron chi connectivity index (χ4n) is 2.48. The van der Waals surface area contributed by atoms with Crippen molar-refractivity contribution in [2.24, 2.45) is 7.05 Å². The second-order valence-corrected chi connectivity index (χ2v) is 6.17. The molecule has 1 amide bonds. The lowest BCUT2D eigenvalue weighted by atomic mass is 10.2. The molecule has 0 spiro atoms. The lowest BCUT2D eigenvalue weighted by Crippen LogP contribution is -2.36. The van der Waals surface area contributed by atoms with E-state index in [-0.39, 0.29) is 5.91 Å². The Labute approximate surface area is 128 Å². The topological polar surface area (TPSA) is 64.2 Å². The average molecular weight is 302 g/mol. The summed E-state index contributed by atoms with van der Waals surface area (Å²) in [5, 5.41) is 4.36. The van der Waals surface area contributed by atoms with Crippen LogP contribution >= 0.6 is 11.8 Å². The molecule has 2 aromatic rings. The van der Waals surface area contributed by atoms with Crippen molar-refractivity contribution in [2.45, 2.75) is 18.2 Å². The lowest BCUT2D eigenvalue weighted by Gasteiger charge is -2.29. The zero-order valence-corrected chi connectivity index (χ0v) is 13.0. The van der Waals surface area contributed by atoms with Crippen LogP contribution in [0.5, 0.6) is 0 Å². The van der Waals surface area contributed by atoms with Crippen molar-refractivity contribution in [1.82, 2.24) is 9.78 Å². The number of fused-ring (bicyclic) bond motifs is 1. The van der Waals surface area contributed by atoms with Crippen LogP contribution in [0.15, 0.2) is 29.2 Å². The Balaban J connectivity index is 1.99. The first kappa shape index (κ1) is 14.0. The minimum absolute atomic E-state index is 0.0168. The van der Waals surface area contributed by atoms with Crippen molar-refractivity contribution in [2.75, 3.05) is 22.9 Å². The van der Waals surface area contributed by atoms with E-state index in [2.05, 4.69) is 5.10 Å². The molecule has 6 heteroatoms. The number of aromatic nitrogens is 2. The van der Waals surface area contributed by atoms with E-state index < -0.39 is 0 Å². The van der Waals surface area contributed by atoms with Crippen molar-refractivity contribution in [1.29, 1.82) is 0 Å². The Bertz CT molecular complexity index is 695. The van der Waals surface area contributed by atoms with Crippen molar-refractivity contribution in [3.8, 4) is 0 Å². The number of nitrogens with two attached hydrogens (primary N) is 1. The van der Waals surface area contributed by atoms with E-state index in [1.807, 2.05) is 38.2 Å². The fraction of sp³-hybridized carbons (Fsp3) is 0.333. The highest BCUT2D eigenvalue weighted by molar-refractivity contribution is 7.99. The van der Waals surface area contributed by atoms with Gasteiger partial charge in [-0.3, -0.25) is 9.48 Å². The van der Waals surface area contributed by atoms with E-state index in [4.69, 9.17) is 5.73 Å². The summed E-state index contributed by atoms with van der Waals surface area (Å²) >= 11 is 1.76. The van der Waals surface area contributed by atoms with Gasteiger partial charge in [0.05, 0.1) is 11.4 Å². The van der Waals surface area contributed by atoms with Crippen LogP contribution in [-0.2, 0) is 13.5 Å². The zero-order chi connectivity index (χ0) is 15.0. The van der Waals surface area contributed by atoms with Gasteiger partial charge in [0, 0.05) is 29.9 Å². The molecular weight excluding hydrogens is 284 g/mol. The molecule has 1 aliphatic heterocycles. The van der Waals surface area contributed by atoms with Gasteiger partial charge in [0.15, 0.2) is 0 Å². The third-order valence-corrected chi connectivity index (χ3v) is 4.65. The smallest absolute Gasteiger partial charge is 0.276 e. The van der Waals surface area contributed by atoms with Crippen molar-refractivity contribution >= 4 is 29.0 Å². The number of carbonyl (C=O) groups excluding carboxylic acids is 1. The summed E-state index contributed by atoms with van der Waals surface area (Å²) in [5.74, 6) is 0.873. The van der Waals surface area contributed by atoms with Crippen LogP contribution in [0.1, 0.15) is 23.1 Å². The number of benzene rings is 1. The summed E-state index contributed by atoms with van der Waals surface area (Å²) in [6.07, 6.45) is 0.820. The molecular formula is C15H18N4OS. The lowest BCUT2D eigenvalue weighted by molar-refractivity contribution is 0.0978. The summed E-state index contributed by atoms with van der Waals surface area (Å²) in [6.45, 7) is 2.72. The van der Waals surface area contributed by atoms with Crippen LogP contribution in [0.4, 0.5) is 11.4 Å². The number of aryl methyl sites for hydroxylation is 2. The quantitative estimate of drug-likeness (QED) is 0.865. The average Bonchev–Trinajstić information content (AvgIpc) is 2.87. The van der Waals surface area contributed by atoms with Crippen LogP contribution in [0.25, 0.3) is 0 Å². The van der Waals surface area contributed by atoms with Crippen molar-refractivity contribution in [3.63, 3.8) is 0 Å². The standard InChI is InChI=1S/C15H18N4OS/c1-3-11-9-13(18(2)17-11)15(20)19-6-7-21-14-5-4-10(16)8-12(14)19/h4-5,8-9H,3,6-7,16H2,1-2H3. The number of nitrogen functional groups attached to an aromatic ring is 1. The number of anilines is 2. The number of rotatable bonds is 2. The van der Waals surface area contributed by atoms with E-state index >= 15 is 0 Å². The molecule has 0 bridgehead atoms. The van der Waals surface area contributed by atoms with Gasteiger partial charge in [-0.05, 0) is 30.7 Å². The molecule has 0 atom stereocenters. The predicted molar refractivity (Wildman–Crippen MR) is 85.8 cm³/mol. The summed E-state index contributed by atoms with van der Waals surface area (Å²) in [4.78, 5) is 15.7. The number of hydrogen-bond acceptors (Lipinski definition) is 4. The van der Waals surface area contributed by atoms with E-state index in [0.717, 1.165) is 28.5 Å². The highest BCUT2D eigenvalue weighted by Crippen LogP contribution is 2.36. The molecule has 0 radical (unpaired) electrons. The maximum Gasteiger partial charge on any atom is 0.276 e. The minimum Gasteiger partial charge on any atom is -0.399 e. The number of nitrogens with zero attached hydrogens (tertiary/aromatic N) is 3. The van der Waals surface area contributed by atoms with E-state index in [1.54, 1.807) is 21.3 Å². The first-order valence-electron chi connectivity index (χ1n) is 6.97. The van der Waals surface area contributed by atoms with Gasteiger partial charge in [-0.1, -0.05) is 6.92 Å². The Morgan fingerprint density at radius 3 is 2.95 bits per heavy atom. The molecule has 3 rings (SSSR count). The second-order valence-electron chi connectivity index (χ2n) is 5.03. The minimum atomic E-state index is -0.0168. The van der Waals surface area contributed by atoms with E-state index in [9.17, 15) is 4.79 Å². The van der Waals surface area contributed by atoms with Crippen LogP contribution < -0.4 is 10.6 Å². The van der Waals surface area contributed by atoms with Gasteiger partial charge >= 0.3 is 0 Å². The first-order chi connectivity index (χ1) is 10.1. The molecule has 5 nitrogen and oxygen atoms in total. The SMILES string of the molecule is CCc1cc(C(=O)N2CCSc3ccc(N)cc32)n(C)n1. The zero-order valence-electron chi connectivity index (χ0n) is 12.2. The van der Waals surface area contributed by atoms with Gasteiger partial charge in [0.25, 0.3) is 5.91 Å². The molecule has 0 saturated carbocycles. The predicted octanol–water partition coefficient (Wildman–Crippen LogP) is 2.32. The maximum atomic E-state index is 12.8. The number of carbonyl (C=O) groups is 1. The van der Waals surface area contributed by atoms with Gasteiger partial charge in [0.2, 0.25) is 0 Å².